The number of amides is 1. The fourth-order valence-corrected chi connectivity index (χ4v) is 1.58. The van der Waals surface area contributed by atoms with Gasteiger partial charge in [-0.1, -0.05) is 24.6 Å². The van der Waals surface area contributed by atoms with Crippen LogP contribution in [0.4, 0.5) is 10.1 Å². The monoisotopic (exact) mass is 272 g/mol. The zero-order valence-corrected chi connectivity index (χ0v) is 11.6. The van der Waals surface area contributed by atoms with E-state index in [1.54, 1.807) is 6.07 Å². The number of halogens is 2. The highest BCUT2D eigenvalue weighted by Crippen LogP contribution is 2.24. The lowest BCUT2D eigenvalue weighted by molar-refractivity contribution is -0.121. The molecule has 2 N–H and O–H groups in total. The second kappa shape index (κ2) is 6.05. The minimum atomic E-state index is -0.468. The van der Waals surface area contributed by atoms with Crippen LogP contribution in [0.1, 0.15) is 27.2 Å². The molecule has 5 heteroatoms. The Hall–Kier alpha value is -1.29. The zero-order chi connectivity index (χ0) is 13.8. The van der Waals surface area contributed by atoms with Crippen molar-refractivity contribution in [2.24, 2.45) is 0 Å². The van der Waals surface area contributed by atoms with Gasteiger partial charge in [0.1, 0.15) is 5.82 Å². The van der Waals surface area contributed by atoms with Crippen molar-refractivity contribution in [2.45, 2.75) is 32.7 Å². The minimum absolute atomic E-state index is 0.00984. The maximum atomic E-state index is 13.4. The average Bonchev–Trinajstić information content (AvgIpc) is 2.28. The van der Waals surface area contributed by atoms with E-state index in [0.29, 0.717) is 0 Å². The Morgan fingerprint density at radius 2 is 2.11 bits per heavy atom. The van der Waals surface area contributed by atoms with E-state index in [-0.39, 0.29) is 28.7 Å². The second-order valence-corrected chi connectivity index (χ2v) is 5.14. The fraction of sp³-hybridized carbons (Fsp3) is 0.462. The van der Waals surface area contributed by atoms with Crippen LogP contribution in [0.25, 0.3) is 0 Å². The summed E-state index contributed by atoms with van der Waals surface area (Å²) in [5, 5.41) is 5.82. The Labute approximate surface area is 112 Å². The van der Waals surface area contributed by atoms with Crippen molar-refractivity contribution >= 4 is 23.2 Å². The van der Waals surface area contributed by atoms with Crippen LogP contribution in [0.2, 0.25) is 5.02 Å². The molecule has 1 rings (SSSR count). The molecule has 1 aromatic rings. The number of anilines is 1. The molecule has 0 spiro atoms. The Morgan fingerprint density at radius 3 is 2.67 bits per heavy atom. The van der Waals surface area contributed by atoms with Crippen LogP contribution >= 0.6 is 11.6 Å². The van der Waals surface area contributed by atoms with Crippen molar-refractivity contribution in [1.82, 2.24) is 5.32 Å². The summed E-state index contributed by atoms with van der Waals surface area (Å²) in [6.07, 6.45) is 0.819. The van der Waals surface area contributed by atoms with Gasteiger partial charge in [0.2, 0.25) is 5.91 Å². The number of para-hydroxylation sites is 1. The van der Waals surface area contributed by atoms with Crippen LogP contribution in [0, 0.1) is 5.82 Å². The summed E-state index contributed by atoms with van der Waals surface area (Å²) in [7, 11) is 0. The number of carbonyl (C=O) groups is 1. The van der Waals surface area contributed by atoms with Gasteiger partial charge in [0, 0.05) is 5.54 Å². The van der Waals surface area contributed by atoms with Crippen molar-refractivity contribution in [1.29, 1.82) is 0 Å². The van der Waals surface area contributed by atoms with E-state index in [9.17, 15) is 9.18 Å². The highest BCUT2D eigenvalue weighted by molar-refractivity contribution is 6.33. The summed E-state index contributed by atoms with van der Waals surface area (Å²) in [5.41, 5.74) is -0.110. The SMILES string of the molecule is CCC(C)(C)NC(=O)CNc1c(F)cccc1Cl. The van der Waals surface area contributed by atoms with E-state index >= 15 is 0 Å². The quantitative estimate of drug-likeness (QED) is 0.864. The third kappa shape index (κ3) is 4.18. The van der Waals surface area contributed by atoms with E-state index in [1.165, 1.54) is 12.1 Å². The van der Waals surface area contributed by atoms with Crippen LogP contribution in [0.5, 0.6) is 0 Å². The van der Waals surface area contributed by atoms with Gasteiger partial charge in [-0.05, 0) is 32.4 Å². The van der Waals surface area contributed by atoms with Crippen LogP contribution in [0.3, 0.4) is 0 Å². The number of hydrogen-bond donors (Lipinski definition) is 2. The van der Waals surface area contributed by atoms with Gasteiger partial charge in [0.05, 0.1) is 17.3 Å². The van der Waals surface area contributed by atoms with E-state index in [0.717, 1.165) is 6.42 Å². The van der Waals surface area contributed by atoms with Gasteiger partial charge in [0.15, 0.2) is 0 Å². The predicted molar refractivity (Wildman–Crippen MR) is 72.4 cm³/mol. The Bertz CT molecular complexity index is 415. The maximum Gasteiger partial charge on any atom is 0.239 e. The van der Waals surface area contributed by atoms with Crippen LogP contribution in [0.15, 0.2) is 18.2 Å². The molecule has 1 aromatic carbocycles. The molecule has 3 nitrogen and oxygen atoms in total. The van der Waals surface area contributed by atoms with E-state index in [4.69, 9.17) is 11.6 Å². The molecule has 1 amide bonds. The lowest BCUT2D eigenvalue weighted by Gasteiger charge is -2.24. The van der Waals surface area contributed by atoms with Crippen molar-refractivity contribution in [3.8, 4) is 0 Å². The molecular formula is C13H18ClFN2O. The summed E-state index contributed by atoms with van der Waals surface area (Å²) in [6.45, 7) is 5.84. The number of hydrogen-bond acceptors (Lipinski definition) is 2. The van der Waals surface area contributed by atoms with Gasteiger partial charge < -0.3 is 10.6 Å². The zero-order valence-electron chi connectivity index (χ0n) is 10.8. The van der Waals surface area contributed by atoms with Gasteiger partial charge in [-0.3, -0.25) is 4.79 Å². The number of benzene rings is 1. The van der Waals surface area contributed by atoms with Crippen LogP contribution in [-0.2, 0) is 4.79 Å². The van der Waals surface area contributed by atoms with Gasteiger partial charge in [-0.15, -0.1) is 0 Å². The lowest BCUT2D eigenvalue weighted by atomic mass is 10.0. The highest BCUT2D eigenvalue weighted by Gasteiger charge is 2.17. The third-order valence-corrected chi connectivity index (χ3v) is 3.07. The Morgan fingerprint density at radius 1 is 1.44 bits per heavy atom. The summed E-state index contributed by atoms with van der Waals surface area (Å²) in [6, 6.07) is 4.38. The number of carbonyl (C=O) groups excluding carboxylic acids is 1. The van der Waals surface area contributed by atoms with Gasteiger partial charge >= 0.3 is 0 Å². The molecule has 0 aliphatic carbocycles. The molecule has 0 heterocycles. The third-order valence-electron chi connectivity index (χ3n) is 2.75. The van der Waals surface area contributed by atoms with Crippen molar-refractivity contribution < 1.29 is 9.18 Å². The highest BCUT2D eigenvalue weighted by atomic mass is 35.5. The standard InChI is InChI=1S/C13H18ClFN2O/c1-4-13(2,3)17-11(18)8-16-12-9(14)6-5-7-10(12)15/h5-7,16H,4,8H2,1-3H3,(H,17,18). The van der Waals surface area contributed by atoms with Gasteiger partial charge in [-0.2, -0.15) is 0 Å². The smallest absolute Gasteiger partial charge is 0.239 e. The molecule has 0 radical (unpaired) electrons. The van der Waals surface area contributed by atoms with E-state index in [2.05, 4.69) is 10.6 Å². The van der Waals surface area contributed by atoms with E-state index in [1.807, 2.05) is 20.8 Å². The predicted octanol–water partition coefficient (Wildman–Crippen LogP) is 3.20. The average molecular weight is 273 g/mol. The molecule has 100 valence electrons. The van der Waals surface area contributed by atoms with Crippen molar-refractivity contribution in [2.75, 3.05) is 11.9 Å². The first kappa shape index (κ1) is 14.8. The molecule has 0 saturated carbocycles. The molecule has 0 bridgehead atoms. The Balaban J connectivity index is 2.58. The first-order valence-corrected chi connectivity index (χ1v) is 6.22. The summed E-state index contributed by atoms with van der Waals surface area (Å²) < 4.78 is 13.4. The first-order valence-electron chi connectivity index (χ1n) is 5.84. The molecular weight excluding hydrogens is 255 g/mol. The van der Waals surface area contributed by atoms with Crippen LogP contribution in [-0.4, -0.2) is 18.0 Å². The summed E-state index contributed by atoms with van der Waals surface area (Å²) in [4.78, 5) is 11.7. The van der Waals surface area contributed by atoms with Gasteiger partial charge in [0.25, 0.3) is 0 Å². The lowest BCUT2D eigenvalue weighted by Crippen LogP contribution is -2.45. The molecule has 0 fully saturated rings. The van der Waals surface area contributed by atoms with E-state index < -0.39 is 5.82 Å². The summed E-state index contributed by atoms with van der Waals surface area (Å²) >= 11 is 5.84. The first-order chi connectivity index (χ1) is 8.35. The van der Waals surface area contributed by atoms with Crippen molar-refractivity contribution in [3.63, 3.8) is 0 Å². The van der Waals surface area contributed by atoms with Crippen molar-refractivity contribution in [3.05, 3.63) is 29.0 Å². The molecule has 0 atom stereocenters. The molecule has 0 saturated heterocycles. The molecule has 0 aliphatic rings. The molecule has 0 unspecified atom stereocenters. The normalized spacial score (nSPS) is 11.2. The molecule has 0 aliphatic heterocycles. The maximum absolute atomic E-state index is 13.4. The largest absolute Gasteiger partial charge is 0.373 e. The summed E-state index contributed by atoms with van der Waals surface area (Å²) in [5.74, 6) is -0.661. The number of nitrogens with one attached hydrogen (secondary N) is 2. The second-order valence-electron chi connectivity index (χ2n) is 4.74. The molecule has 18 heavy (non-hydrogen) atoms. The number of rotatable bonds is 5. The topological polar surface area (TPSA) is 41.1 Å². The minimum Gasteiger partial charge on any atom is -0.373 e. The van der Waals surface area contributed by atoms with Gasteiger partial charge in [-0.25, -0.2) is 4.39 Å². The fourth-order valence-electron chi connectivity index (χ4n) is 1.35. The Kier molecular flexibility index (Phi) is 4.96. The van der Waals surface area contributed by atoms with Crippen LogP contribution < -0.4 is 10.6 Å². The molecule has 0 aromatic heterocycles.